The minimum atomic E-state index is -0.509. The van der Waals surface area contributed by atoms with Crippen molar-refractivity contribution in [3.63, 3.8) is 0 Å². The summed E-state index contributed by atoms with van der Waals surface area (Å²) in [6, 6.07) is 5.20. The van der Waals surface area contributed by atoms with Gasteiger partial charge in [-0.05, 0) is 32.9 Å². The number of para-hydroxylation sites is 1. The van der Waals surface area contributed by atoms with Gasteiger partial charge in [-0.1, -0.05) is 6.07 Å². The van der Waals surface area contributed by atoms with Crippen LogP contribution in [0.2, 0.25) is 0 Å². The fourth-order valence-electron chi connectivity index (χ4n) is 1.29. The molecule has 1 rings (SSSR count). The van der Waals surface area contributed by atoms with Crippen molar-refractivity contribution in [2.45, 2.75) is 26.3 Å². The Morgan fingerprint density at radius 2 is 1.93 bits per heavy atom. The summed E-state index contributed by atoms with van der Waals surface area (Å²) in [5.41, 5.74) is 12.4. The Hall–Kier alpha value is -1.71. The Bertz CT molecular complexity index is 380. The molecule has 0 bridgehead atoms. The Morgan fingerprint density at radius 3 is 2.40 bits per heavy atom. The van der Waals surface area contributed by atoms with Gasteiger partial charge >= 0.3 is 0 Å². The zero-order valence-electron chi connectivity index (χ0n) is 9.29. The fourth-order valence-corrected chi connectivity index (χ4v) is 1.29. The third-order valence-electron chi connectivity index (χ3n) is 1.88. The summed E-state index contributed by atoms with van der Waals surface area (Å²) < 4.78 is 0. The molecule has 4 heteroatoms. The van der Waals surface area contributed by atoms with Gasteiger partial charge in [0.15, 0.2) is 0 Å². The number of carbonyl (C=O) groups is 1. The summed E-state index contributed by atoms with van der Waals surface area (Å²) in [4.78, 5) is 11.1. The predicted octanol–water partition coefficient (Wildman–Crippen LogP) is 1.58. The fraction of sp³-hybridized carbons (Fsp3) is 0.364. The van der Waals surface area contributed by atoms with Gasteiger partial charge in [-0.25, -0.2) is 0 Å². The van der Waals surface area contributed by atoms with Crippen LogP contribution in [0.4, 0.5) is 11.4 Å². The van der Waals surface area contributed by atoms with E-state index in [1.54, 1.807) is 12.1 Å². The lowest BCUT2D eigenvalue weighted by Gasteiger charge is -2.23. The van der Waals surface area contributed by atoms with Crippen LogP contribution < -0.4 is 16.8 Å². The highest BCUT2D eigenvalue weighted by molar-refractivity contribution is 6.00. The van der Waals surface area contributed by atoms with Gasteiger partial charge in [0.2, 0.25) is 0 Å². The summed E-state index contributed by atoms with van der Waals surface area (Å²) in [5.74, 6) is -0.509. The third kappa shape index (κ3) is 2.87. The number of nitrogen functional groups attached to an aromatic ring is 1. The molecule has 0 aromatic heterocycles. The lowest BCUT2D eigenvalue weighted by molar-refractivity contribution is 0.100. The van der Waals surface area contributed by atoms with Crippen molar-refractivity contribution in [1.82, 2.24) is 0 Å². The summed E-state index contributed by atoms with van der Waals surface area (Å²) in [6.45, 7) is 6.05. The first kappa shape index (κ1) is 11.4. The molecule has 0 radical (unpaired) electrons. The van der Waals surface area contributed by atoms with E-state index in [0.717, 1.165) is 5.69 Å². The molecule has 0 unspecified atom stereocenters. The molecule has 1 aromatic carbocycles. The largest absolute Gasteiger partial charge is 0.396 e. The van der Waals surface area contributed by atoms with Gasteiger partial charge in [-0.3, -0.25) is 4.79 Å². The molecular formula is C11H17N3O. The summed E-state index contributed by atoms with van der Waals surface area (Å²) in [5, 5.41) is 3.21. The number of hydrogen-bond acceptors (Lipinski definition) is 3. The number of nitrogens with two attached hydrogens (primary N) is 2. The van der Waals surface area contributed by atoms with E-state index in [4.69, 9.17) is 11.5 Å². The first-order valence-electron chi connectivity index (χ1n) is 4.78. The zero-order chi connectivity index (χ0) is 11.6. The average Bonchev–Trinajstić information content (AvgIpc) is 2.05. The molecular weight excluding hydrogens is 190 g/mol. The van der Waals surface area contributed by atoms with Crippen molar-refractivity contribution in [2.75, 3.05) is 11.1 Å². The highest BCUT2D eigenvalue weighted by atomic mass is 16.1. The van der Waals surface area contributed by atoms with Crippen molar-refractivity contribution in [3.05, 3.63) is 23.8 Å². The maximum atomic E-state index is 11.1. The number of carbonyl (C=O) groups excluding carboxylic acids is 1. The van der Waals surface area contributed by atoms with Gasteiger partial charge in [0.1, 0.15) is 0 Å². The number of benzene rings is 1. The standard InChI is InChI=1S/C11H17N3O/c1-11(2,3)14-8-6-4-5-7(9(8)12)10(13)15/h4-6,14H,12H2,1-3H3,(H2,13,15). The number of anilines is 2. The van der Waals surface area contributed by atoms with Crippen molar-refractivity contribution in [3.8, 4) is 0 Å². The lowest BCUT2D eigenvalue weighted by atomic mass is 10.1. The van der Waals surface area contributed by atoms with Gasteiger partial charge < -0.3 is 16.8 Å². The van der Waals surface area contributed by atoms with Crippen LogP contribution in [0, 0.1) is 0 Å². The minimum absolute atomic E-state index is 0.107. The Kier molecular flexibility index (Phi) is 2.88. The molecule has 0 heterocycles. The van der Waals surface area contributed by atoms with E-state index >= 15 is 0 Å². The van der Waals surface area contributed by atoms with Gasteiger partial charge in [0.05, 0.1) is 16.9 Å². The molecule has 0 aliphatic heterocycles. The van der Waals surface area contributed by atoms with Crippen LogP contribution in [0.5, 0.6) is 0 Å². The van der Waals surface area contributed by atoms with E-state index in [-0.39, 0.29) is 5.54 Å². The van der Waals surface area contributed by atoms with Crippen LogP contribution in [-0.2, 0) is 0 Å². The molecule has 0 aliphatic carbocycles. The van der Waals surface area contributed by atoms with Gasteiger partial charge in [-0.2, -0.15) is 0 Å². The van der Waals surface area contributed by atoms with Crippen LogP contribution >= 0.6 is 0 Å². The monoisotopic (exact) mass is 207 g/mol. The molecule has 5 N–H and O–H groups in total. The second-order valence-corrected chi connectivity index (χ2v) is 4.51. The molecule has 82 valence electrons. The Labute approximate surface area is 89.6 Å². The molecule has 1 amide bonds. The third-order valence-corrected chi connectivity index (χ3v) is 1.88. The highest BCUT2D eigenvalue weighted by Crippen LogP contribution is 2.25. The van der Waals surface area contributed by atoms with E-state index in [1.807, 2.05) is 26.8 Å². The molecule has 4 nitrogen and oxygen atoms in total. The van der Waals surface area contributed by atoms with Gasteiger partial charge in [0.25, 0.3) is 5.91 Å². The molecule has 0 fully saturated rings. The average molecular weight is 207 g/mol. The van der Waals surface area contributed by atoms with E-state index < -0.39 is 5.91 Å². The second kappa shape index (κ2) is 3.81. The first-order valence-corrected chi connectivity index (χ1v) is 4.78. The van der Waals surface area contributed by atoms with Crippen LogP contribution in [0.1, 0.15) is 31.1 Å². The number of amides is 1. The Morgan fingerprint density at radius 1 is 1.33 bits per heavy atom. The van der Waals surface area contributed by atoms with E-state index in [1.165, 1.54) is 0 Å². The molecule has 0 atom stereocenters. The molecule has 0 spiro atoms. The van der Waals surface area contributed by atoms with Gasteiger partial charge in [-0.15, -0.1) is 0 Å². The van der Waals surface area contributed by atoms with E-state index in [0.29, 0.717) is 11.3 Å². The topological polar surface area (TPSA) is 81.1 Å². The maximum Gasteiger partial charge on any atom is 0.250 e. The smallest absolute Gasteiger partial charge is 0.250 e. The predicted molar refractivity (Wildman–Crippen MR) is 62.7 cm³/mol. The van der Waals surface area contributed by atoms with Crippen molar-refractivity contribution in [1.29, 1.82) is 0 Å². The summed E-state index contributed by atoms with van der Waals surface area (Å²) in [6.07, 6.45) is 0. The number of primary amides is 1. The molecule has 0 aliphatic rings. The summed E-state index contributed by atoms with van der Waals surface area (Å²) >= 11 is 0. The van der Waals surface area contributed by atoms with Crippen LogP contribution in [0.3, 0.4) is 0 Å². The van der Waals surface area contributed by atoms with Crippen LogP contribution in [0.15, 0.2) is 18.2 Å². The highest BCUT2D eigenvalue weighted by Gasteiger charge is 2.14. The number of rotatable bonds is 2. The summed E-state index contributed by atoms with van der Waals surface area (Å²) in [7, 11) is 0. The Balaban J connectivity index is 3.10. The number of hydrogen-bond donors (Lipinski definition) is 3. The SMILES string of the molecule is CC(C)(C)Nc1cccc(C(N)=O)c1N. The first-order chi connectivity index (χ1) is 6.81. The molecule has 1 aromatic rings. The van der Waals surface area contributed by atoms with Crippen molar-refractivity contribution < 1.29 is 4.79 Å². The van der Waals surface area contributed by atoms with Crippen LogP contribution in [-0.4, -0.2) is 11.4 Å². The normalized spacial score (nSPS) is 11.1. The van der Waals surface area contributed by atoms with E-state index in [9.17, 15) is 4.79 Å². The minimum Gasteiger partial charge on any atom is -0.396 e. The zero-order valence-corrected chi connectivity index (χ0v) is 9.29. The molecule has 0 saturated carbocycles. The number of nitrogens with one attached hydrogen (secondary N) is 1. The van der Waals surface area contributed by atoms with Gasteiger partial charge in [0, 0.05) is 5.54 Å². The maximum absolute atomic E-state index is 11.1. The second-order valence-electron chi connectivity index (χ2n) is 4.51. The van der Waals surface area contributed by atoms with Crippen molar-refractivity contribution in [2.24, 2.45) is 5.73 Å². The molecule has 0 saturated heterocycles. The lowest BCUT2D eigenvalue weighted by Crippen LogP contribution is -2.27. The van der Waals surface area contributed by atoms with Crippen molar-refractivity contribution >= 4 is 17.3 Å². The van der Waals surface area contributed by atoms with E-state index in [2.05, 4.69) is 5.32 Å². The quantitative estimate of drug-likeness (QED) is 0.644. The van der Waals surface area contributed by atoms with Crippen LogP contribution in [0.25, 0.3) is 0 Å². The molecule has 15 heavy (non-hydrogen) atoms.